The van der Waals surface area contributed by atoms with Crippen LogP contribution in [0.25, 0.3) is 5.95 Å². The zero-order valence-corrected chi connectivity index (χ0v) is 13.3. The monoisotopic (exact) mass is 307 g/mol. The van der Waals surface area contributed by atoms with Gasteiger partial charge in [0.2, 0.25) is 5.91 Å². The van der Waals surface area contributed by atoms with Gasteiger partial charge in [-0.2, -0.15) is 9.78 Å². The van der Waals surface area contributed by atoms with Crippen LogP contribution >= 0.6 is 11.6 Å². The summed E-state index contributed by atoms with van der Waals surface area (Å²) >= 11 is 5.71. The number of aryl methyl sites for hydroxylation is 3. The maximum Gasteiger partial charge on any atom is 0.252 e. The zero-order chi connectivity index (χ0) is 15.6. The molecule has 0 bridgehead atoms. The first kappa shape index (κ1) is 15.4. The highest BCUT2D eigenvalue weighted by Gasteiger charge is 2.17. The molecule has 2 rings (SSSR count). The highest BCUT2D eigenvalue weighted by molar-refractivity contribution is 6.19. The van der Waals surface area contributed by atoms with Crippen LogP contribution in [0.15, 0.2) is 12.1 Å². The summed E-state index contributed by atoms with van der Waals surface area (Å²) in [5.41, 5.74) is 2.46. The van der Waals surface area contributed by atoms with Crippen molar-refractivity contribution >= 4 is 23.3 Å². The van der Waals surface area contributed by atoms with Gasteiger partial charge in [0.05, 0.1) is 5.69 Å². The lowest BCUT2D eigenvalue weighted by atomic mass is 10.2. The van der Waals surface area contributed by atoms with Crippen molar-refractivity contribution in [1.29, 1.82) is 0 Å². The minimum absolute atomic E-state index is 0.157. The molecule has 2 heterocycles. The molecule has 1 amide bonds. The Bertz CT molecular complexity index is 647. The molecule has 0 aromatic carbocycles. The molecule has 0 aliphatic rings. The fourth-order valence-corrected chi connectivity index (χ4v) is 2.00. The number of aromatic nitrogens is 4. The van der Waals surface area contributed by atoms with E-state index in [1.54, 1.807) is 13.0 Å². The first-order chi connectivity index (χ1) is 9.90. The van der Waals surface area contributed by atoms with Crippen molar-refractivity contribution in [2.45, 2.75) is 27.7 Å². The number of alkyl halides is 1. The molecule has 1 unspecified atom stereocenters. The van der Waals surface area contributed by atoms with Crippen molar-refractivity contribution < 1.29 is 4.79 Å². The first-order valence-electron chi connectivity index (χ1n) is 6.67. The number of carbonyl (C=O) groups excluding carboxylic acids is 1. The van der Waals surface area contributed by atoms with Gasteiger partial charge in [0, 0.05) is 29.3 Å². The summed E-state index contributed by atoms with van der Waals surface area (Å²) in [6, 6.07) is 3.66. The molecule has 7 heteroatoms. The molecular weight excluding hydrogens is 290 g/mol. The van der Waals surface area contributed by atoms with E-state index in [1.807, 2.05) is 26.8 Å². The topological polar surface area (TPSA) is 72.7 Å². The van der Waals surface area contributed by atoms with E-state index >= 15 is 0 Å². The second-order valence-electron chi connectivity index (χ2n) is 5.08. The Morgan fingerprint density at radius 3 is 2.43 bits per heavy atom. The SMILES string of the molecule is Cc1cc(C)nc(-n2nc(C)cc2NC(=O)C(C)CCl)n1. The molecule has 0 aliphatic heterocycles. The van der Waals surface area contributed by atoms with Crippen LogP contribution in [0, 0.1) is 26.7 Å². The number of nitrogens with one attached hydrogen (secondary N) is 1. The minimum Gasteiger partial charge on any atom is -0.310 e. The largest absolute Gasteiger partial charge is 0.310 e. The average Bonchev–Trinajstić information content (AvgIpc) is 2.77. The Morgan fingerprint density at radius 2 is 1.86 bits per heavy atom. The summed E-state index contributed by atoms with van der Waals surface area (Å²) in [4.78, 5) is 20.7. The predicted octanol–water partition coefficient (Wildman–Crippen LogP) is 2.40. The third kappa shape index (κ3) is 3.58. The molecule has 6 nitrogen and oxygen atoms in total. The van der Waals surface area contributed by atoms with Crippen LogP contribution in [0.3, 0.4) is 0 Å². The Morgan fingerprint density at radius 1 is 1.24 bits per heavy atom. The summed E-state index contributed by atoms with van der Waals surface area (Å²) in [5, 5.41) is 7.16. The number of anilines is 1. The van der Waals surface area contributed by atoms with Crippen molar-refractivity contribution in [3.63, 3.8) is 0 Å². The molecule has 0 saturated heterocycles. The number of halogens is 1. The van der Waals surface area contributed by atoms with Gasteiger partial charge in [-0.1, -0.05) is 6.92 Å². The Kier molecular flexibility index (Phi) is 4.57. The van der Waals surface area contributed by atoms with Crippen LogP contribution in [-0.4, -0.2) is 31.5 Å². The molecule has 0 saturated carbocycles. The normalized spacial score (nSPS) is 12.2. The van der Waals surface area contributed by atoms with Crippen LogP contribution in [-0.2, 0) is 4.79 Å². The second-order valence-corrected chi connectivity index (χ2v) is 5.39. The lowest BCUT2D eigenvalue weighted by molar-refractivity contribution is -0.118. The third-order valence-corrected chi connectivity index (χ3v) is 3.38. The number of hydrogen-bond donors (Lipinski definition) is 1. The van der Waals surface area contributed by atoms with Gasteiger partial charge >= 0.3 is 0 Å². The first-order valence-corrected chi connectivity index (χ1v) is 7.20. The van der Waals surface area contributed by atoms with Gasteiger partial charge < -0.3 is 5.32 Å². The summed E-state index contributed by atoms with van der Waals surface area (Å²) in [5.74, 6) is 0.804. The van der Waals surface area contributed by atoms with Crippen LogP contribution < -0.4 is 5.32 Å². The highest BCUT2D eigenvalue weighted by Crippen LogP contribution is 2.16. The van der Waals surface area contributed by atoms with E-state index in [0.29, 0.717) is 11.8 Å². The number of nitrogens with zero attached hydrogens (tertiary/aromatic N) is 4. The molecule has 21 heavy (non-hydrogen) atoms. The highest BCUT2D eigenvalue weighted by atomic mass is 35.5. The van der Waals surface area contributed by atoms with Gasteiger partial charge in [-0.3, -0.25) is 4.79 Å². The lowest BCUT2D eigenvalue weighted by Crippen LogP contribution is -2.23. The fourth-order valence-electron chi connectivity index (χ4n) is 1.86. The van der Waals surface area contributed by atoms with Crippen molar-refractivity contribution in [2.24, 2.45) is 5.92 Å². The van der Waals surface area contributed by atoms with Crippen molar-refractivity contribution in [2.75, 3.05) is 11.2 Å². The van der Waals surface area contributed by atoms with E-state index in [2.05, 4.69) is 20.4 Å². The third-order valence-electron chi connectivity index (χ3n) is 2.92. The van der Waals surface area contributed by atoms with Gasteiger partial charge in [0.25, 0.3) is 5.95 Å². The summed E-state index contributed by atoms with van der Waals surface area (Å²) < 4.78 is 1.54. The second kappa shape index (κ2) is 6.22. The fraction of sp³-hybridized carbons (Fsp3) is 0.429. The standard InChI is InChI=1S/C14H18ClN5O/c1-8(7-15)13(21)18-12-6-11(4)19-20(12)14-16-9(2)5-10(3)17-14/h5-6,8H,7H2,1-4H3,(H,18,21). The summed E-state index contributed by atoms with van der Waals surface area (Å²) in [6.45, 7) is 7.40. The minimum atomic E-state index is -0.282. The van der Waals surface area contributed by atoms with Gasteiger partial charge in [-0.15, -0.1) is 11.6 Å². The number of hydrogen-bond acceptors (Lipinski definition) is 4. The Hall–Kier alpha value is -1.95. The molecule has 2 aromatic rings. The van der Waals surface area contributed by atoms with Crippen LogP contribution in [0.2, 0.25) is 0 Å². The zero-order valence-electron chi connectivity index (χ0n) is 12.5. The number of carbonyl (C=O) groups is 1. The molecule has 0 spiro atoms. The van der Waals surface area contributed by atoms with Gasteiger partial charge in [0.1, 0.15) is 5.82 Å². The van der Waals surface area contributed by atoms with Crippen molar-refractivity contribution in [3.05, 3.63) is 29.2 Å². The van der Waals surface area contributed by atoms with E-state index in [0.717, 1.165) is 17.1 Å². The average molecular weight is 308 g/mol. The van der Waals surface area contributed by atoms with Gasteiger partial charge in [-0.05, 0) is 26.8 Å². The van der Waals surface area contributed by atoms with E-state index < -0.39 is 0 Å². The van der Waals surface area contributed by atoms with Gasteiger partial charge in [0.15, 0.2) is 0 Å². The van der Waals surface area contributed by atoms with E-state index in [9.17, 15) is 4.79 Å². The molecule has 1 N–H and O–H groups in total. The van der Waals surface area contributed by atoms with Crippen molar-refractivity contribution in [3.8, 4) is 5.95 Å². The molecule has 2 aromatic heterocycles. The molecule has 1 atom stereocenters. The van der Waals surface area contributed by atoms with Crippen molar-refractivity contribution in [1.82, 2.24) is 19.7 Å². The molecule has 0 aliphatic carbocycles. The van der Waals surface area contributed by atoms with E-state index in [4.69, 9.17) is 11.6 Å². The lowest BCUT2D eigenvalue weighted by Gasteiger charge is -2.11. The van der Waals surface area contributed by atoms with E-state index in [1.165, 1.54) is 4.68 Å². The number of rotatable bonds is 4. The predicted molar refractivity (Wildman–Crippen MR) is 81.9 cm³/mol. The molecular formula is C14H18ClN5O. The van der Waals surface area contributed by atoms with Crippen LogP contribution in [0.5, 0.6) is 0 Å². The Labute approximate surface area is 128 Å². The van der Waals surface area contributed by atoms with Gasteiger partial charge in [-0.25, -0.2) is 9.97 Å². The maximum absolute atomic E-state index is 12.0. The van der Waals surface area contributed by atoms with Crippen LogP contribution in [0.4, 0.5) is 5.82 Å². The van der Waals surface area contributed by atoms with Crippen LogP contribution in [0.1, 0.15) is 24.0 Å². The smallest absolute Gasteiger partial charge is 0.252 e. The molecule has 0 fully saturated rings. The molecule has 112 valence electrons. The maximum atomic E-state index is 12.0. The quantitative estimate of drug-likeness (QED) is 0.880. The van der Waals surface area contributed by atoms with E-state index in [-0.39, 0.29) is 17.7 Å². The Balaban J connectivity index is 2.39. The number of amides is 1. The summed E-state index contributed by atoms with van der Waals surface area (Å²) in [6.07, 6.45) is 0. The molecule has 0 radical (unpaired) electrons. The summed E-state index contributed by atoms with van der Waals surface area (Å²) in [7, 11) is 0.